The van der Waals surface area contributed by atoms with Crippen LogP contribution in [0.4, 0.5) is 5.69 Å². The molecule has 1 N–H and O–H groups in total. The Kier molecular flexibility index (Phi) is 9.40. The second-order valence-electron chi connectivity index (χ2n) is 8.78. The van der Waals surface area contributed by atoms with E-state index in [0.29, 0.717) is 12.2 Å². The van der Waals surface area contributed by atoms with Gasteiger partial charge in [0.1, 0.15) is 6.54 Å². The number of amides is 1. The van der Waals surface area contributed by atoms with Gasteiger partial charge < -0.3 is 5.32 Å². The van der Waals surface area contributed by atoms with Crippen LogP contribution in [-0.2, 0) is 20.6 Å². The number of benzene rings is 3. The van der Waals surface area contributed by atoms with Crippen LogP contribution in [0.1, 0.15) is 34.2 Å². The van der Waals surface area contributed by atoms with Gasteiger partial charge in [0, 0.05) is 12.3 Å². The summed E-state index contributed by atoms with van der Waals surface area (Å²) in [6.45, 7) is 8.16. The summed E-state index contributed by atoms with van der Waals surface area (Å²) in [5.74, 6) is 1.54. The zero-order chi connectivity index (χ0) is 25.4. The number of carbonyl (C=O) groups is 1. The van der Waals surface area contributed by atoms with E-state index in [-0.39, 0.29) is 17.3 Å². The van der Waals surface area contributed by atoms with Gasteiger partial charge in [0.25, 0.3) is 10.0 Å². The highest BCUT2D eigenvalue weighted by atomic mass is 32.2. The van der Waals surface area contributed by atoms with Crippen LogP contribution in [0.25, 0.3) is 0 Å². The molecule has 0 saturated carbocycles. The Balaban J connectivity index is 1.62. The number of rotatable bonds is 11. The van der Waals surface area contributed by atoms with Crippen LogP contribution in [0.5, 0.6) is 0 Å². The molecule has 0 radical (unpaired) electrons. The lowest BCUT2D eigenvalue weighted by molar-refractivity contribution is -0.119. The zero-order valence-electron chi connectivity index (χ0n) is 20.9. The maximum atomic E-state index is 13.5. The lowest BCUT2D eigenvalue weighted by atomic mass is 10.1. The number of carbonyl (C=O) groups excluding carboxylic acids is 1. The van der Waals surface area contributed by atoms with Crippen LogP contribution in [0.3, 0.4) is 0 Å². The van der Waals surface area contributed by atoms with Crippen LogP contribution >= 0.6 is 11.8 Å². The van der Waals surface area contributed by atoms with Crippen molar-refractivity contribution in [2.24, 2.45) is 0 Å². The summed E-state index contributed by atoms with van der Waals surface area (Å²) in [5, 5.41) is 2.89. The number of aryl methyl sites for hydroxylation is 4. The van der Waals surface area contributed by atoms with E-state index >= 15 is 0 Å². The molecule has 3 aromatic carbocycles. The van der Waals surface area contributed by atoms with Crippen molar-refractivity contribution in [2.45, 2.75) is 44.8 Å². The average Bonchev–Trinajstić information content (AvgIpc) is 2.83. The Morgan fingerprint density at radius 1 is 0.886 bits per heavy atom. The molecule has 0 aliphatic carbocycles. The molecule has 1 amide bonds. The second-order valence-corrected chi connectivity index (χ2v) is 11.7. The smallest absolute Gasteiger partial charge is 0.264 e. The molecule has 0 fully saturated rings. The molecule has 0 aliphatic heterocycles. The fourth-order valence-electron chi connectivity index (χ4n) is 3.58. The maximum absolute atomic E-state index is 13.5. The van der Waals surface area contributed by atoms with Crippen molar-refractivity contribution in [2.75, 3.05) is 23.1 Å². The monoisotopic (exact) mass is 510 g/mol. The van der Waals surface area contributed by atoms with Crippen molar-refractivity contribution in [3.8, 4) is 0 Å². The number of sulfonamides is 1. The molecule has 0 spiro atoms. The van der Waals surface area contributed by atoms with Crippen molar-refractivity contribution in [1.29, 1.82) is 0 Å². The van der Waals surface area contributed by atoms with Crippen molar-refractivity contribution in [3.05, 3.63) is 94.5 Å². The van der Waals surface area contributed by atoms with E-state index in [9.17, 15) is 13.2 Å². The fraction of sp³-hybridized carbons (Fsp3) is 0.321. The van der Waals surface area contributed by atoms with Gasteiger partial charge in [0.15, 0.2) is 0 Å². The van der Waals surface area contributed by atoms with Gasteiger partial charge in [-0.2, -0.15) is 11.8 Å². The number of thioether (sulfide) groups is 1. The van der Waals surface area contributed by atoms with E-state index in [4.69, 9.17) is 0 Å². The summed E-state index contributed by atoms with van der Waals surface area (Å²) in [4.78, 5) is 13.0. The van der Waals surface area contributed by atoms with Crippen molar-refractivity contribution in [3.63, 3.8) is 0 Å². The molecule has 0 bridgehead atoms. The molecular formula is C28H34N2O3S2. The molecule has 0 unspecified atom stereocenters. The summed E-state index contributed by atoms with van der Waals surface area (Å²) >= 11 is 1.83. The third-order valence-electron chi connectivity index (χ3n) is 5.98. The van der Waals surface area contributed by atoms with Gasteiger partial charge >= 0.3 is 0 Å². The highest BCUT2D eigenvalue weighted by molar-refractivity contribution is 7.98. The Morgan fingerprint density at radius 2 is 1.60 bits per heavy atom. The van der Waals surface area contributed by atoms with Crippen LogP contribution in [0.15, 0.2) is 71.6 Å². The quantitative estimate of drug-likeness (QED) is 0.343. The Hall–Kier alpha value is -2.77. The molecule has 7 heteroatoms. The van der Waals surface area contributed by atoms with Gasteiger partial charge in [-0.3, -0.25) is 9.10 Å². The van der Waals surface area contributed by atoms with Crippen LogP contribution in [-0.4, -0.2) is 33.2 Å². The molecule has 0 heterocycles. The minimum absolute atomic E-state index is 0.168. The zero-order valence-corrected chi connectivity index (χ0v) is 22.5. The molecular weight excluding hydrogens is 476 g/mol. The number of nitrogens with one attached hydrogen (secondary N) is 1. The lowest BCUT2D eigenvalue weighted by Gasteiger charge is -2.25. The van der Waals surface area contributed by atoms with Gasteiger partial charge in [-0.05, 0) is 86.4 Å². The summed E-state index contributed by atoms with van der Waals surface area (Å²) in [6.07, 6.45) is 0.816. The van der Waals surface area contributed by atoms with E-state index in [1.54, 1.807) is 30.3 Å². The molecule has 5 nitrogen and oxygen atoms in total. The molecule has 0 atom stereocenters. The second kappa shape index (κ2) is 12.3. The Labute approximate surface area is 214 Å². The van der Waals surface area contributed by atoms with Gasteiger partial charge in [0.05, 0.1) is 10.6 Å². The Bertz CT molecular complexity index is 1260. The standard InChI is InChI=1S/C28H34N2O3S2/c1-21-10-14-27(15-11-21)35(32,33)30(26-13-12-22(2)24(4)18-26)19-28(31)29-16-7-17-34-20-25-9-6-5-8-23(25)3/h5-6,8-15,18H,7,16-17,19-20H2,1-4H3,(H,29,31). The van der Waals surface area contributed by atoms with Gasteiger partial charge in [-0.25, -0.2) is 8.42 Å². The predicted molar refractivity (Wildman–Crippen MR) is 147 cm³/mol. The first-order chi connectivity index (χ1) is 16.7. The number of hydrogen-bond acceptors (Lipinski definition) is 4. The van der Waals surface area contributed by atoms with Gasteiger partial charge in [0.2, 0.25) is 5.91 Å². The molecule has 0 aliphatic rings. The topological polar surface area (TPSA) is 66.5 Å². The normalized spacial score (nSPS) is 11.3. The van der Waals surface area contributed by atoms with Crippen molar-refractivity contribution >= 4 is 33.4 Å². The van der Waals surface area contributed by atoms with E-state index in [0.717, 1.165) is 34.6 Å². The van der Waals surface area contributed by atoms with Gasteiger partial charge in [-0.1, -0.05) is 48.0 Å². The summed E-state index contributed by atoms with van der Waals surface area (Å²) in [5.41, 5.74) is 6.10. The molecule has 3 aromatic rings. The molecule has 0 aromatic heterocycles. The summed E-state index contributed by atoms with van der Waals surface area (Å²) in [6, 6.07) is 20.5. The number of hydrogen-bond donors (Lipinski definition) is 1. The SMILES string of the molecule is Cc1ccc(S(=O)(=O)N(CC(=O)NCCCSCc2ccccc2C)c2ccc(C)c(C)c2)cc1. The van der Waals surface area contributed by atoms with E-state index < -0.39 is 10.0 Å². The van der Waals surface area contributed by atoms with E-state index in [1.807, 2.05) is 50.7 Å². The summed E-state index contributed by atoms with van der Waals surface area (Å²) < 4.78 is 28.2. The van der Waals surface area contributed by atoms with Crippen molar-refractivity contribution < 1.29 is 13.2 Å². The molecule has 186 valence electrons. The van der Waals surface area contributed by atoms with Crippen LogP contribution in [0, 0.1) is 27.7 Å². The van der Waals surface area contributed by atoms with Crippen LogP contribution < -0.4 is 9.62 Å². The molecule has 3 rings (SSSR count). The minimum atomic E-state index is -3.90. The predicted octanol–water partition coefficient (Wildman–Crippen LogP) is 5.56. The van der Waals surface area contributed by atoms with Gasteiger partial charge in [-0.15, -0.1) is 0 Å². The Morgan fingerprint density at radius 3 is 2.29 bits per heavy atom. The highest BCUT2D eigenvalue weighted by Gasteiger charge is 2.27. The molecule has 0 saturated heterocycles. The minimum Gasteiger partial charge on any atom is -0.354 e. The average molecular weight is 511 g/mol. The van der Waals surface area contributed by atoms with E-state index in [1.165, 1.54) is 15.4 Å². The lowest BCUT2D eigenvalue weighted by Crippen LogP contribution is -2.41. The fourth-order valence-corrected chi connectivity index (χ4v) is 6.03. The number of nitrogens with zero attached hydrogens (tertiary/aromatic N) is 1. The third-order valence-corrected chi connectivity index (χ3v) is 8.86. The maximum Gasteiger partial charge on any atom is 0.264 e. The van der Waals surface area contributed by atoms with Crippen LogP contribution in [0.2, 0.25) is 0 Å². The first-order valence-corrected chi connectivity index (χ1v) is 14.3. The molecule has 35 heavy (non-hydrogen) atoms. The highest BCUT2D eigenvalue weighted by Crippen LogP contribution is 2.26. The first-order valence-electron chi connectivity index (χ1n) is 11.7. The first kappa shape index (κ1) is 26.8. The largest absolute Gasteiger partial charge is 0.354 e. The van der Waals surface area contributed by atoms with Crippen molar-refractivity contribution in [1.82, 2.24) is 5.32 Å². The van der Waals surface area contributed by atoms with E-state index in [2.05, 4.69) is 30.4 Å². The third kappa shape index (κ3) is 7.36. The summed E-state index contributed by atoms with van der Waals surface area (Å²) in [7, 11) is -3.90. The number of anilines is 1.